The van der Waals surface area contributed by atoms with E-state index in [1.165, 1.54) is 4.90 Å². The molecule has 172 valence electrons. The predicted molar refractivity (Wildman–Crippen MR) is 121 cm³/mol. The van der Waals surface area contributed by atoms with Gasteiger partial charge in [0.2, 0.25) is 17.7 Å². The fraction of sp³-hybridized carbons (Fsp3) is 0.789. The van der Waals surface area contributed by atoms with Crippen LogP contribution in [0.5, 0.6) is 0 Å². The molecule has 0 aliphatic carbocycles. The van der Waals surface area contributed by atoms with Crippen LogP contribution in [0.2, 0.25) is 0 Å². The molecule has 0 saturated carbocycles. The number of nitrogens with two attached hydrogens (primary N) is 1. The molecule has 1 rings (SSSR count). The number of rotatable bonds is 12. The lowest BCUT2D eigenvalue weighted by atomic mass is 10.0. The number of thiol groups is 1. The first kappa shape index (κ1) is 26.6. The fourth-order valence-electron chi connectivity index (χ4n) is 3.30. The van der Waals surface area contributed by atoms with Crippen molar-refractivity contribution in [1.82, 2.24) is 15.5 Å². The Balaban J connectivity index is 2.79. The normalized spacial score (nSPS) is 19.3. The van der Waals surface area contributed by atoms with Crippen molar-refractivity contribution in [3.05, 3.63) is 0 Å². The number of likely N-dealkylation sites (tertiary alicyclic amines) is 1. The van der Waals surface area contributed by atoms with Crippen molar-refractivity contribution in [2.45, 2.75) is 63.7 Å². The first-order valence-corrected chi connectivity index (χ1v) is 12.1. The van der Waals surface area contributed by atoms with E-state index in [1.807, 2.05) is 20.1 Å². The Morgan fingerprint density at radius 3 is 2.43 bits per heavy atom. The number of carboxylic acid groups (broad SMARTS) is 1. The summed E-state index contributed by atoms with van der Waals surface area (Å²) in [4.78, 5) is 50.8. The zero-order valence-electron chi connectivity index (χ0n) is 17.8. The summed E-state index contributed by atoms with van der Waals surface area (Å²) in [5.41, 5.74) is 5.86. The average molecular weight is 463 g/mol. The highest BCUT2D eigenvalue weighted by atomic mass is 32.2. The first-order valence-electron chi connectivity index (χ1n) is 10.1. The van der Waals surface area contributed by atoms with Gasteiger partial charge >= 0.3 is 5.97 Å². The number of carbonyl (C=O) groups is 4. The van der Waals surface area contributed by atoms with Crippen molar-refractivity contribution >= 4 is 48.1 Å². The number of carboxylic acids is 1. The second kappa shape index (κ2) is 13.1. The van der Waals surface area contributed by atoms with E-state index in [2.05, 4.69) is 23.3 Å². The third-order valence-electron chi connectivity index (χ3n) is 4.93. The van der Waals surface area contributed by atoms with Crippen molar-refractivity contribution in [1.29, 1.82) is 0 Å². The van der Waals surface area contributed by atoms with Gasteiger partial charge in [-0.2, -0.15) is 24.4 Å². The van der Waals surface area contributed by atoms with Crippen LogP contribution in [0.25, 0.3) is 0 Å². The maximum atomic E-state index is 13.0. The lowest BCUT2D eigenvalue weighted by Crippen LogP contribution is -2.57. The minimum Gasteiger partial charge on any atom is -0.480 e. The number of carbonyl (C=O) groups excluding carboxylic acids is 3. The SMILES string of the molecule is CSCCC(N)C(=O)NC(CS)C(=O)N1CCCC1C(=O)NC(CC(C)C)C(=O)O. The van der Waals surface area contributed by atoms with E-state index < -0.39 is 47.9 Å². The van der Waals surface area contributed by atoms with Gasteiger partial charge < -0.3 is 26.4 Å². The zero-order chi connectivity index (χ0) is 22.8. The Bertz CT molecular complexity index is 620. The van der Waals surface area contributed by atoms with E-state index in [0.29, 0.717) is 32.2 Å². The Morgan fingerprint density at radius 1 is 1.23 bits per heavy atom. The summed E-state index contributed by atoms with van der Waals surface area (Å²) in [6.45, 7) is 4.10. The van der Waals surface area contributed by atoms with Crippen LogP contribution in [0.15, 0.2) is 0 Å². The number of nitrogens with one attached hydrogen (secondary N) is 2. The molecule has 1 fully saturated rings. The number of hydrogen-bond acceptors (Lipinski definition) is 7. The summed E-state index contributed by atoms with van der Waals surface area (Å²) in [5, 5.41) is 14.5. The molecule has 0 aromatic rings. The molecule has 0 aromatic heterocycles. The molecule has 30 heavy (non-hydrogen) atoms. The number of nitrogens with zero attached hydrogens (tertiary/aromatic N) is 1. The molecule has 0 bridgehead atoms. The van der Waals surface area contributed by atoms with Gasteiger partial charge in [0.15, 0.2) is 0 Å². The molecule has 0 radical (unpaired) electrons. The molecule has 1 saturated heterocycles. The zero-order valence-corrected chi connectivity index (χ0v) is 19.5. The highest BCUT2D eigenvalue weighted by Gasteiger charge is 2.38. The minimum absolute atomic E-state index is 0.0652. The topological polar surface area (TPSA) is 142 Å². The second-order valence-corrected chi connectivity index (χ2v) is 9.20. The molecule has 3 amide bonds. The molecule has 9 nitrogen and oxygen atoms in total. The molecule has 0 aromatic carbocycles. The number of amides is 3. The van der Waals surface area contributed by atoms with Crippen molar-refractivity contribution in [2.75, 3.05) is 24.3 Å². The summed E-state index contributed by atoms with van der Waals surface area (Å²) >= 11 is 5.75. The first-order chi connectivity index (χ1) is 14.1. The van der Waals surface area contributed by atoms with E-state index in [0.717, 1.165) is 5.75 Å². The van der Waals surface area contributed by atoms with Crippen LogP contribution < -0.4 is 16.4 Å². The molecular formula is C19H34N4O5S2. The molecule has 11 heteroatoms. The summed E-state index contributed by atoms with van der Waals surface area (Å²) in [7, 11) is 0. The van der Waals surface area contributed by atoms with E-state index in [1.54, 1.807) is 11.8 Å². The van der Waals surface area contributed by atoms with Gasteiger partial charge in [0.1, 0.15) is 18.1 Å². The van der Waals surface area contributed by atoms with Crippen LogP contribution in [-0.2, 0) is 19.2 Å². The van der Waals surface area contributed by atoms with Crippen LogP contribution in [0, 0.1) is 5.92 Å². The van der Waals surface area contributed by atoms with Crippen LogP contribution >= 0.6 is 24.4 Å². The molecule has 5 N–H and O–H groups in total. The number of hydrogen-bond donors (Lipinski definition) is 5. The summed E-state index contributed by atoms with van der Waals surface area (Å²) in [6.07, 6.45) is 3.75. The average Bonchev–Trinajstić information content (AvgIpc) is 3.18. The highest BCUT2D eigenvalue weighted by molar-refractivity contribution is 7.98. The van der Waals surface area contributed by atoms with Crippen molar-refractivity contribution in [3.63, 3.8) is 0 Å². The predicted octanol–water partition coefficient (Wildman–Crippen LogP) is 0.0879. The van der Waals surface area contributed by atoms with Gasteiger partial charge in [0.05, 0.1) is 6.04 Å². The third kappa shape index (κ3) is 7.99. The molecule has 4 atom stereocenters. The smallest absolute Gasteiger partial charge is 0.326 e. The van der Waals surface area contributed by atoms with Gasteiger partial charge in [-0.3, -0.25) is 14.4 Å². The number of aliphatic carboxylic acids is 1. The molecule has 4 unspecified atom stereocenters. The minimum atomic E-state index is -1.10. The van der Waals surface area contributed by atoms with Crippen molar-refractivity contribution in [2.24, 2.45) is 11.7 Å². The van der Waals surface area contributed by atoms with E-state index in [-0.39, 0.29) is 11.7 Å². The van der Waals surface area contributed by atoms with E-state index >= 15 is 0 Å². The van der Waals surface area contributed by atoms with Crippen molar-refractivity contribution in [3.8, 4) is 0 Å². The van der Waals surface area contributed by atoms with Crippen LogP contribution in [-0.4, -0.2) is 82.2 Å². The van der Waals surface area contributed by atoms with Gasteiger partial charge in [0.25, 0.3) is 0 Å². The van der Waals surface area contributed by atoms with Gasteiger partial charge in [-0.1, -0.05) is 13.8 Å². The molecule has 1 aliphatic rings. The van der Waals surface area contributed by atoms with Gasteiger partial charge in [-0.05, 0) is 43.6 Å². The van der Waals surface area contributed by atoms with Gasteiger partial charge in [-0.25, -0.2) is 4.79 Å². The maximum Gasteiger partial charge on any atom is 0.326 e. The second-order valence-electron chi connectivity index (χ2n) is 7.85. The number of thioether (sulfide) groups is 1. The summed E-state index contributed by atoms with van der Waals surface area (Å²) in [5.74, 6) is -1.56. The fourth-order valence-corrected chi connectivity index (χ4v) is 4.04. The Morgan fingerprint density at radius 2 is 1.90 bits per heavy atom. The van der Waals surface area contributed by atoms with Crippen LogP contribution in [0.3, 0.4) is 0 Å². The van der Waals surface area contributed by atoms with Crippen LogP contribution in [0.1, 0.15) is 39.5 Å². The Labute approximate surface area is 187 Å². The molecule has 0 spiro atoms. The van der Waals surface area contributed by atoms with Crippen molar-refractivity contribution < 1.29 is 24.3 Å². The lowest BCUT2D eigenvalue weighted by molar-refractivity contribution is -0.145. The van der Waals surface area contributed by atoms with E-state index in [9.17, 15) is 24.3 Å². The van der Waals surface area contributed by atoms with Crippen LogP contribution in [0.4, 0.5) is 0 Å². The molecular weight excluding hydrogens is 428 g/mol. The molecule has 1 aliphatic heterocycles. The van der Waals surface area contributed by atoms with Gasteiger partial charge in [-0.15, -0.1) is 0 Å². The monoisotopic (exact) mass is 462 g/mol. The standard InChI is InChI=1S/C19H34N4O5S2/c1-11(2)9-13(19(27)28)21-17(25)15-5-4-7-23(15)18(26)14(10-29)22-16(24)12(20)6-8-30-3/h11-15,29H,4-10,20H2,1-3H3,(H,21,25)(H,22,24)(H,27,28). The summed E-state index contributed by atoms with van der Waals surface area (Å²) < 4.78 is 0. The quantitative estimate of drug-likeness (QED) is 0.259. The largest absolute Gasteiger partial charge is 0.480 e. The highest BCUT2D eigenvalue weighted by Crippen LogP contribution is 2.20. The Hall–Kier alpha value is -1.46. The van der Waals surface area contributed by atoms with E-state index in [4.69, 9.17) is 5.73 Å². The summed E-state index contributed by atoms with van der Waals surface area (Å²) in [6, 6.07) is -3.40. The lowest BCUT2D eigenvalue weighted by Gasteiger charge is -2.29. The third-order valence-corrected chi connectivity index (χ3v) is 5.94. The Kier molecular flexibility index (Phi) is 11.6. The maximum absolute atomic E-state index is 13.0. The molecule has 1 heterocycles. The van der Waals surface area contributed by atoms with Gasteiger partial charge in [0, 0.05) is 12.3 Å².